The van der Waals surface area contributed by atoms with Crippen LogP contribution in [0.25, 0.3) is 11.1 Å². The normalized spacial score (nSPS) is 19.2. The maximum atomic E-state index is 13.0. The molecule has 3 heterocycles. The molecule has 1 saturated heterocycles. The number of H-pyrrole nitrogens is 1. The molecule has 0 aliphatic carbocycles. The number of anilines is 1. The van der Waals surface area contributed by atoms with Gasteiger partial charge in [-0.05, 0) is 50.3 Å². The van der Waals surface area contributed by atoms with Crippen LogP contribution in [0.2, 0.25) is 0 Å². The Morgan fingerprint density at radius 1 is 1.36 bits per heavy atom. The lowest BCUT2D eigenvalue weighted by atomic mass is 9.96. The molecule has 0 radical (unpaired) electrons. The smallest absolute Gasteiger partial charge is 0.250 e. The monoisotopic (exact) mass is 335 g/mol. The van der Waals surface area contributed by atoms with E-state index >= 15 is 0 Å². The molecule has 0 saturated carbocycles. The Bertz CT molecular complexity index is 859. The topological polar surface area (TPSA) is 76.0 Å². The lowest BCUT2D eigenvalue weighted by Gasteiger charge is -2.25. The summed E-state index contributed by atoms with van der Waals surface area (Å²) in [5.74, 6) is 0.0515. The van der Waals surface area contributed by atoms with Gasteiger partial charge in [-0.2, -0.15) is 10.4 Å². The van der Waals surface area contributed by atoms with E-state index in [-0.39, 0.29) is 11.9 Å². The lowest BCUT2D eigenvalue weighted by Crippen LogP contribution is -2.43. The van der Waals surface area contributed by atoms with Crippen LogP contribution >= 0.6 is 0 Å². The summed E-state index contributed by atoms with van der Waals surface area (Å²) in [6, 6.07) is 5.81. The first-order valence-corrected chi connectivity index (χ1v) is 8.73. The van der Waals surface area contributed by atoms with Crippen molar-refractivity contribution in [2.45, 2.75) is 39.2 Å². The predicted octanol–water partition coefficient (Wildman–Crippen LogP) is 2.53. The van der Waals surface area contributed by atoms with Crippen LogP contribution in [-0.2, 0) is 11.2 Å². The van der Waals surface area contributed by atoms with Gasteiger partial charge in [0.25, 0.3) is 0 Å². The molecule has 4 rings (SSSR count). The quantitative estimate of drug-likeness (QED) is 0.856. The average Bonchev–Trinajstić information content (AvgIpc) is 3.32. The van der Waals surface area contributed by atoms with Gasteiger partial charge in [0.2, 0.25) is 5.91 Å². The van der Waals surface area contributed by atoms with E-state index in [1.807, 2.05) is 30.9 Å². The maximum Gasteiger partial charge on any atom is 0.250 e. The van der Waals surface area contributed by atoms with Gasteiger partial charge in [0.1, 0.15) is 6.04 Å². The molecule has 1 atom stereocenters. The minimum absolute atomic E-state index is 0.0515. The Hall–Kier alpha value is -2.81. The molecule has 6 nitrogen and oxygen atoms in total. The van der Waals surface area contributed by atoms with Gasteiger partial charge in [0.05, 0.1) is 5.69 Å². The molecule has 1 N–H and O–H groups in total. The van der Waals surface area contributed by atoms with Gasteiger partial charge in [-0.25, -0.2) is 0 Å². The van der Waals surface area contributed by atoms with Gasteiger partial charge in [-0.15, -0.1) is 0 Å². The number of aryl methyl sites for hydroxylation is 2. The van der Waals surface area contributed by atoms with Crippen molar-refractivity contribution in [3.8, 4) is 17.3 Å². The van der Waals surface area contributed by atoms with Crippen LogP contribution in [0.3, 0.4) is 0 Å². The molecule has 2 aromatic rings. The van der Waals surface area contributed by atoms with Gasteiger partial charge in [0, 0.05) is 30.0 Å². The second-order valence-electron chi connectivity index (χ2n) is 6.80. The molecule has 1 unspecified atom stereocenters. The highest BCUT2D eigenvalue weighted by atomic mass is 16.2. The number of aromatic amines is 1. The number of benzene rings is 1. The molecule has 1 aromatic carbocycles. The number of likely N-dealkylation sites (tertiary alicyclic amines) is 1. The minimum Gasteiger partial charge on any atom is -0.310 e. The van der Waals surface area contributed by atoms with Gasteiger partial charge in [-0.1, -0.05) is 12.1 Å². The van der Waals surface area contributed by atoms with Crippen LogP contribution in [0.1, 0.15) is 29.8 Å². The van der Waals surface area contributed by atoms with Crippen LogP contribution in [0, 0.1) is 25.3 Å². The van der Waals surface area contributed by atoms with E-state index in [4.69, 9.17) is 0 Å². The van der Waals surface area contributed by atoms with E-state index in [2.05, 4.69) is 22.5 Å². The van der Waals surface area contributed by atoms with Crippen LogP contribution in [0.4, 0.5) is 5.69 Å². The van der Waals surface area contributed by atoms with E-state index in [0.717, 1.165) is 47.5 Å². The largest absolute Gasteiger partial charge is 0.310 e. The summed E-state index contributed by atoms with van der Waals surface area (Å²) in [6.07, 6.45) is 4.66. The molecule has 1 aromatic heterocycles. The summed E-state index contributed by atoms with van der Waals surface area (Å²) in [4.78, 5) is 16.5. The summed E-state index contributed by atoms with van der Waals surface area (Å²) in [5, 5.41) is 16.6. The van der Waals surface area contributed by atoms with Crippen LogP contribution < -0.4 is 4.90 Å². The zero-order valence-corrected chi connectivity index (χ0v) is 14.5. The fourth-order valence-electron chi connectivity index (χ4n) is 4.17. The molecule has 6 heteroatoms. The molecule has 128 valence electrons. The summed E-state index contributed by atoms with van der Waals surface area (Å²) < 4.78 is 0. The molecule has 2 aliphatic rings. The molecule has 1 amide bonds. The van der Waals surface area contributed by atoms with E-state index < -0.39 is 0 Å². The third-order valence-electron chi connectivity index (χ3n) is 5.36. The first-order chi connectivity index (χ1) is 12.1. The number of rotatable bonds is 2. The van der Waals surface area contributed by atoms with Crippen molar-refractivity contribution in [2.75, 3.05) is 18.0 Å². The van der Waals surface area contributed by atoms with Crippen LogP contribution in [0.15, 0.2) is 18.2 Å². The van der Waals surface area contributed by atoms with Crippen molar-refractivity contribution in [1.29, 1.82) is 5.26 Å². The Morgan fingerprint density at radius 2 is 2.20 bits per heavy atom. The number of nitrogens with zero attached hydrogens (tertiary/aromatic N) is 4. The molecular weight excluding hydrogens is 314 g/mol. The minimum atomic E-state index is -0.308. The highest BCUT2D eigenvalue weighted by Crippen LogP contribution is 2.39. The second-order valence-corrected chi connectivity index (χ2v) is 6.80. The van der Waals surface area contributed by atoms with Gasteiger partial charge < -0.3 is 4.90 Å². The maximum absolute atomic E-state index is 13.0. The van der Waals surface area contributed by atoms with E-state index in [0.29, 0.717) is 13.1 Å². The number of nitriles is 1. The van der Waals surface area contributed by atoms with Crippen molar-refractivity contribution in [1.82, 2.24) is 15.1 Å². The van der Waals surface area contributed by atoms with Gasteiger partial charge >= 0.3 is 0 Å². The molecule has 0 spiro atoms. The summed E-state index contributed by atoms with van der Waals surface area (Å²) in [7, 11) is 0. The number of aromatic nitrogens is 2. The zero-order chi connectivity index (χ0) is 17.6. The summed E-state index contributed by atoms with van der Waals surface area (Å²) >= 11 is 0. The number of hydrogen-bond acceptors (Lipinski definition) is 4. The Kier molecular flexibility index (Phi) is 3.72. The van der Waals surface area contributed by atoms with Crippen molar-refractivity contribution >= 4 is 11.6 Å². The van der Waals surface area contributed by atoms with Gasteiger partial charge in [-0.3, -0.25) is 14.8 Å². The molecule has 2 aliphatic heterocycles. The highest BCUT2D eigenvalue weighted by Gasteiger charge is 2.37. The predicted molar refractivity (Wildman–Crippen MR) is 94.9 cm³/mol. The molecule has 1 fully saturated rings. The number of carbonyl (C=O) groups is 1. The first-order valence-electron chi connectivity index (χ1n) is 8.73. The Morgan fingerprint density at radius 3 is 2.92 bits per heavy atom. The van der Waals surface area contributed by atoms with E-state index in [1.54, 1.807) is 4.90 Å². The fourth-order valence-corrected chi connectivity index (χ4v) is 4.17. The highest BCUT2D eigenvalue weighted by molar-refractivity contribution is 6.00. The average molecular weight is 335 g/mol. The van der Waals surface area contributed by atoms with Crippen LogP contribution in [-0.4, -0.2) is 40.1 Å². The van der Waals surface area contributed by atoms with Crippen molar-refractivity contribution < 1.29 is 4.79 Å². The number of hydrogen-bond donors (Lipinski definition) is 1. The summed E-state index contributed by atoms with van der Waals surface area (Å²) in [5.41, 5.74) is 6.48. The molecule has 25 heavy (non-hydrogen) atoms. The van der Waals surface area contributed by atoms with E-state index in [1.165, 1.54) is 5.56 Å². The summed E-state index contributed by atoms with van der Waals surface area (Å²) in [6.45, 7) is 5.38. The number of nitrogens with one attached hydrogen (secondary N) is 1. The first kappa shape index (κ1) is 15.7. The second kappa shape index (κ2) is 5.92. The van der Waals surface area contributed by atoms with Crippen molar-refractivity contribution in [3.63, 3.8) is 0 Å². The zero-order valence-electron chi connectivity index (χ0n) is 14.5. The van der Waals surface area contributed by atoms with E-state index in [9.17, 15) is 10.1 Å². The lowest BCUT2D eigenvalue weighted by molar-refractivity contribution is -0.121. The third kappa shape index (κ3) is 2.39. The Balaban J connectivity index is 1.72. The number of fused-ring (bicyclic) bond motifs is 1. The SMILES string of the molecule is Cc1n[nH]c(C)c1-c1cccc2c1CCN2C(=O)C1CCCN1C#N. The molecular formula is C19H21N5O. The van der Waals surface area contributed by atoms with Crippen molar-refractivity contribution in [2.24, 2.45) is 0 Å². The number of carbonyl (C=O) groups excluding carboxylic acids is 1. The fraction of sp³-hybridized carbons (Fsp3) is 0.421. The van der Waals surface area contributed by atoms with Gasteiger partial charge in [0.15, 0.2) is 6.19 Å². The van der Waals surface area contributed by atoms with Crippen LogP contribution in [0.5, 0.6) is 0 Å². The third-order valence-corrected chi connectivity index (χ3v) is 5.36. The molecule has 0 bridgehead atoms. The Labute approximate surface area is 147 Å². The standard InChI is InChI=1S/C19H21N5O/c1-12-18(13(2)22-21-12)15-5-3-6-16-14(15)8-10-24(16)19(25)17-7-4-9-23(17)11-20/h3,5-6,17H,4,7-10H2,1-2H3,(H,21,22). The number of amides is 1. The van der Waals surface area contributed by atoms with Crippen molar-refractivity contribution in [3.05, 3.63) is 35.2 Å².